The van der Waals surface area contributed by atoms with Crippen molar-refractivity contribution in [1.82, 2.24) is 10.6 Å². The van der Waals surface area contributed by atoms with Crippen LogP contribution in [0.2, 0.25) is 0 Å². The molecule has 1 N–H and O–H groups in total. The Morgan fingerprint density at radius 2 is 1.91 bits per heavy atom. The Bertz CT molecular complexity index is 1080. The Morgan fingerprint density at radius 3 is 2.50 bits per heavy atom. The van der Waals surface area contributed by atoms with E-state index in [1.54, 1.807) is 31.2 Å². The second kappa shape index (κ2) is 10.2. The number of methoxy groups -OCH3 is 3. The smallest absolute Gasteiger partial charge is 0.271 e. The number of nitrogens with zero attached hydrogens (tertiary/aromatic N) is 3. The van der Waals surface area contributed by atoms with Gasteiger partial charge in [0.2, 0.25) is 17.1 Å². The summed E-state index contributed by atoms with van der Waals surface area (Å²) in [6.07, 6.45) is 1.46. The van der Waals surface area contributed by atoms with Gasteiger partial charge in [0.1, 0.15) is 5.75 Å². The molecule has 0 atom stereocenters. The first-order chi connectivity index (χ1) is 15.5. The Kier molecular flexibility index (Phi) is 7.11. The summed E-state index contributed by atoms with van der Waals surface area (Å²) in [5.41, 5.74) is 4.13. The molecule has 1 amide bonds. The third kappa shape index (κ3) is 5.06. The zero-order chi connectivity index (χ0) is 23.1. The maximum atomic E-state index is 12.5. The number of amides is 1. The Hall–Kier alpha value is -4.28. The monoisotopic (exact) mass is 442 g/mol. The van der Waals surface area contributed by atoms with Gasteiger partial charge in [0, 0.05) is 17.6 Å². The number of carbonyl (C=O) groups excluding carboxylic acids is 1. The van der Waals surface area contributed by atoms with Gasteiger partial charge in [-0.2, -0.15) is 5.10 Å². The summed E-state index contributed by atoms with van der Waals surface area (Å²) in [7, 11) is 4.41. The molecule has 0 saturated heterocycles. The number of aryl methyl sites for hydroxylation is 1. The molecule has 32 heavy (non-hydrogen) atoms. The quantitative estimate of drug-likeness (QED) is 0.302. The lowest BCUT2D eigenvalue weighted by atomic mass is 10.1. The van der Waals surface area contributed by atoms with Crippen LogP contribution in [-0.2, 0) is 6.61 Å². The van der Waals surface area contributed by atoms with Crippen LogP contribution in [0.15, 0.2) is 46.1 Å². The van der Waals surface area contributed by atoms with Gasteiger partial charge < -0.3 is 24.2 Å². The van der Waals surface area contributed by atoms with Crippen molar-refractivity contribution in [3.05, 3.63) is 64.1 Å². The minimum atomic E-state index is -0.462. The molecule has 0 radical (unpaired) electrons. The highest BCUT2D eigenvalue weighted by Crippen LogP contribution is 2.38. The second-order valence-electron chi connectivity index (χ2n) is 6.44. The molecule has 3 aromatic rings. The van der Waals surface area contributed by atoms with Gasteiger partial charge in [-0.05, 0) is 34.7 Å². The number of carbonyl (C=O) groups is 1. The molecule has 2 aromatic carbocycles. The van der Waals surface area contributed by atoms with E-state index in [1.165, 1.54) is 39.7 Å². The van der Waals surface area contributed by atoms with Gasteiger partial charge in [-0.1, -0.05) is 12.1 Å². The summed E-state index contributed by atoms with van der Waals surface area (Å²) in [4.78, 5) is 12.8. The number of hydrogen-bond donors (Lipinski definition) is 1. The van der Waals surface area contributed by atoms with Crippen LogP contribution in [0.1, 0.15) is 27.3 Å². The predicted molar refractivity (Wildman–Crippen MR) is 112 cm³/mol. The molecular formula is C21H22N4O7. The first kappa shape index (κ1) is 22.4. The third-order valence-corrected chi connectivity index (χ3v) is 4.43. The molecule has 0 fully saturated rings. The fourth-order valence-electron chi connectivity index (χ4n) is 2.77. The SMILES string of the molecule is COc1cc(C(=O)NN=Cc2cccc(OCc3c(C)no[n+]3[O-])c2)cc(OC)c1OC. The van der Waals surface area contributed by atoms with Crippen molar-refractivity contribution in [2.75, 3.05) is 21.3 Å². The Labute approximate surface area is 183 Å². The van der Waals surface area contributed by atoms with E-state index in [1.807, 2.05) is 0 Å². The third-order valence-electron chi connectivity index (χ3n) is 4.43. The molecule has 0 aliphatic rings. The molecule has 0 aliphatic heterocycles. The van der Waals surface area contributed by atoms with Crippen molar-refractivity contribution < 1.29 is 33.3 Å². The lowest BCUT2D eigenvalue weighted by Gasteiger charge is -2.13. The van der Waals surface area contributed by atoms with Gasteiger partial charge >= 0.3 is 0 Å². The molecule has 0 bridgehead atoms. The van der Waals surface area contributed by atoms with Crippen LogP contribution in [0.3, 0.4) is 0 Å². The average molecular weight is 442 g/mol. The molecule has 0 spiro atoms. The molecule has 1 heterocycles. The summed E-state index contributed by atoms with van der Waals surface area (Å²) in [5, 5.41) is 19.0. The summed E-state index contributed by atoms with van der Waals surface area (Å²) in [5.74, 6) is 1.14. The van der Waals surface area contributed by atoms with Crippen LogP contribution < -0.4 is 29.3 Å². The number of rotatable bonds is 9. The zero-order valence-electron chi connectivity index (χ0n) is 17.9. The molecular weight excluding hydrogens is 420 g/mol. The van der Waals surface area contributed by atoms with Crippen LogP contribution in [-0.4, -0.2) is 38.6 Å². The minimum Gasteiger partial charge on any atom is -0.493 e. The number of benzene rings is 2. The highest BCUT2D eigenvalue weighted by atomic mass is 16.8. The van der Waals surface area contributed by atoms with E-state index in [4.69, 9.17) is 18.9 Å². The van der Waals surface area contributed by atoms with Crippen LogP contribution in [0, 0.1) is 12.1 Å². The fraction of sp³-hybridized carbons (Fsp3) is 0.238. The van der Waals surface area contributed by atoms with Crippen LogP contribution in [0.5, 0.6) is 23.0 Å². The molecule has 11 nitrogen and oxygen atoms in total. The van der Waals surface area contributed by atoms with E-state index >= 15 is 0 Å². The van der Waals surface area contributed by atoms with Crippen LogP contribution in [0.4, 0.5) is 0 Å². The van der Waals surface area contributed by atoms with Crippen molar-refractivity contribution in [3.63, 3.8) is 0 Å². The van der Waals surface area contributed by atoms with Crippen molar-refractivity contribution in [2.45, 2.75) is 13.5 Å². The normalized spacial score (nSPS) is 10.8. The molecule has 0 aliphatic carbocycles. The van der Waals surface area contributed by atoms with Gasteiger partial charge in [-0.3, -0.25) is 9.42 Å². The van der Waals surface area contributed by atoms with Gasteiger partial charge in [-0.25, -0.2) is 5.43 Å². The van der Waals surface area contributed by atoms with Gasteiger partial charge in [0.25, 0.3) is 5.91 Å². The number of aromatic nitrogens is 2. The topological polar surface area (TPSA) is 131 Å². The molecule has 1 aromatic heterocycles. The van der Waals surface area contributed by atoms with E-state index in [-0.39, 0.29) is 17.9 Å². The van der Waals surface area contributed by atoms with Crippen molar-refractivity contribution in [1.29, 1.82) is 0 Å². The molecule has 0 saturated carbocycles. The van der Waals surface area contributed by atoms with Crippen LogP contribution in [0.25, 0.3) is 0 Å². The average Bonchev–Trinajstić information content (AvgIpc) is 3.13. The Morgan fingerprint density at radius 1 is 1.19 bits per heavy atom. The highest BCUT2D eigenvalue weighted by Gasteiger charge is 2.17. The molecule has 168 valence electrons. The lowest BCUT2D eigenvalue weighted by molar-refractivity contribution is -0.808. The second-order valence-corrected chi connectivity index (χ2v) is 6.44. The van der Waals surface area contributed by atoms with Gasteiger partial charge in [0.05, 0.1) is 27.5 Å². The summed E-state index contributed by atoms with van der Waals surface area (Å²) >= 11 is 0. The largest absolute Gasteiger partial charge is 0.493 e. The summed E-state index contributed by atoms with van der Waals surface area (Å²) in [6.45, 7) is 1.65. The molecule has 0 unspecified atom stereocenters. The number of nitrogens with one attached hydrogen (secondary N) is 1. The predicted octanol–water partition coefficient (Wildman–Crippen LogP) is 1.99. The van der Waals surface area contributed by atoms with Crippen molar-refractivity contribution >= 4 is 12.1 Å². The number of hydrogen-bond acceptors (Lipinski definition) is 9. The highest BCUT2D eigenvalue weighted by molar-refractivity contribution is 5.96. The van der Waals surface area contributed by atoms with E-state index in [0.29, 0.717) is 39.2 Å². The fourth-order valence-corrected chi connectivity index (χ4v) is 2.77. The minimum absolute atomic E-state index is 0.00268. The summed E-state index contributed by atoms with van der Waals surface area (Å²) in [6, 6.07) is 10.0. The van der Waals surface area contributed by atoms with E-state index in [9.17, 15) is 10.0 Å². The standard InChI is InChI=1S/C21H22N4O7/c1-13-17(25(27)32-24-13)12-31-16-7-5-6-14(8-16)11-22-23-21(26)15-9-18(28-2)20(30-4)19(10-15)29-3/h5-11H,12H2,1-4H3,(H,23,26). The summed E-state index contributed by atoms with van der Waals surface area (Å²) < 4.78 is 25.9. The number of hydrazone groups is 1. The maximum absolute atomic E-state index is 12.5. The maximum Gasteiger partial charge on any atom is 0.271 e. The van der Waals surface area contributed by atoms with E-state index in [0.717, 1.165) is 0 Å². The van der Waals surface area contributed by atoms with Gasteiger partial charge in [-0.15, -0.1) is 0 Å². The Balaban J connectivity index is 1.66. The molecule has 3 rings (SSSR count). The lowest BCUT2D eigenvalue weighted by Crippen LogP contribution is -2.29. The first-order valence-corrected chi connectivity index (χ1v) is 9.38. The van der Waals surface area contributed by atoms with E-state index in [2.05, 4.69) is 20.3 Å². The zero-order valence-corrected chi connectivity index (χ0v) is 17.9. The van der Waals surface area contributed by atoms with Crippen molar-refractivity contribution in [3.8, 4) is 23.0 Å². The van der Waals surface area contributed by atoms with Gasteiger partial charge in [0.15, 0.2) is 18.1 Å². The van der Waals surface area contributed by atoms with Crippen LogP contribution >= 0.6 is 0 Å². The molecule has 11 heteroatoms. The number of ether oxygens (including phenoxy) is 4. The van der Waals surface area contributed by atoms with E-state index < -0.39 is 5.91 Å². The van der Waals surface area contributed by atoms with Crippen molar-refractivity contribution in [2.24, 2.45) is 5.10 Å². The first-order valence-electron chi connectivity index (χ1n) is 9.38.